The average molecular weight is 579 g/mol. The van der Waals surface area contributed by atoms with Gasteiger partial charge in [-0.2, -0.15) is 4.98 Å². The maximum atomic E-state index is 13.5. The number of aromatic nitrogens is 2. The summed E-state index contributed by atoms with van der Waals surface area (Å²) in [5.74, 6) is 2.07. The van der Waals surface area contributed by atoms with Gasteiger partial charge in [0.1, 0.15) is 0 Å². The second-order valence-electron chi connectivity index (χ2n) is 11.0. The molecule has 0 spiro atoms. The Bertz CT molecular complexity index is 1370. The number of aryl methyl sites for hydroxylation is 2. The molecule has 11 nitrogen and oxygen atoms in total. The molecule has 0 fully saturated rings. The molecule has 226 valence electrons. The topological polar surface area (TPSA) is 122 Å². The number of nitrogens with zero attached hydrogens (tertiary/aromatic N) is 4. The number of hydrogen-bond acceptors (Lipinski definition) is 9. The number of hydrogen-bond donors (Lipinski definition) is 2. The van der Waals surface area contributed by atoms with Crippen LogP contribution < -0.4 is 20.1 Å². The van der Waals surface area contributed by atoms with Gasteiger partial charge in [-0.25, -0.2) is 0 Å². The minimum atomic E-state index is -0.160. The molecule has 3 aromatic rings. The van der Waals surface area contributed by atoms with Gasteiger partial charge < -0.3 is 34.4 Å². The molecule has 2 N–H and O–H groups in total. The summed E-state index contributed by atoms with van der Waals surface area (Å²) >= 11 is 0. The maximum Gasteiger partial charge on any atom is 0.242 e. The van der Waals surface area contributed by atoms with Crippen LogP contribution in [-0.2, 0) is 22.4 Å². The lowest BCUT2D eigenvalue weighted by Crippen LogP contribution is -2.48. The largest absolute Gasteiger partial charge is 0.493 e. The second-order valence-corrected chi connectivity index (χ2v) is 11.0. The fourth-order valence-electron chi connectivity index (χ4n) is 5.11. The van der Waals surface area contributed by atoms with Gasteiger partial charge in [-0.15, -0.1) is 0 Å². The average Bonchev–Trinajstić information content (AvgIpc) is 3.60. The van der Waals surface area contributed by atoms with E-state index in [2.05, 4.69) is 34.6 Å². The van der Waals surface area contributed by atoms with E-state index in [1.807, 2.05) is 44.3 Å². The van der Waals surface area contributed by atoms with Gasteiger partial charge in [0.05, 0.1) is 27.3 Å². The van der Waals surface area contributed by atoms with Crippen LogP contribution in [0.2, 0.25) is 0 Å². The van der Waals surface area contributed by atoms with Gasteiger partial charge in [0, 0.05) is 50.4 Å². The van der Waals surface area contributed by atoms with Crippen LogP contribution in [0.3, 0.4) is 0 Å². The first-order chi connectivity index (χ1) is 20.1. The maximum absolute atomic E-state index is 13.5. The predicted octanol–water partition coefficient (Wildman–Crippen LogP) is 3.23. The van der Waals surface area contributed by atoms with Crippen molar-refractivity contribution in [1.29, 1.82) is 0 Å². The molecular weight excluding hydrogens is 536 g/mol. The van der Waals surface area contributed by atoms with Gasteiger partial charge in [-0.3, -0.25) is 9.59 Å². The molecular formula is C31H42N6O5. The number of amides is 2. The lowest BCUT2D eigenvalue weighted by molar-refractivity contribution is -0.140. The molecule has 1 aliphatic carbocycles. The third-order valence-corrected chi connectivity index (χ3v) is 7.62. The number of anilines is 1. The van der Waals surface area contributed by atoms with Gasteiger partial charge in [0.2, 0.25) is 23.5 Å². The van der Waals surface area contributed by atoms with E-state index in [4.69, 9.17) is 14.0 Å². The van der Waals surface area contributed by atoms with E-state index in [9.17, 15) is 9.59 Å². The molecule has 0 saturated heterocycles. The highest BCUT2D eigenvalue weighted by Gasteiger charge is 2.30. The Labute approximate surface area is 247 Å². The van der Waals surface area contributed by atoms with Crippen LogP contribution in [-0.4, -0.2) is 91.3 Å². The zero-order valence-corrected chi connectivity index (χ0v) is 25.6. The SMILES string of the molecule is COc1cc2c(cc1OC)CC(N(C)C(=O)CN(CCNC(C)C)C(=O)CNc1cc(-c3noc(C)n3)ccc1C)C2. The Kier molecular flexibility index (Phi) is 10.1. The van der Waals surface area contributed by atoms with E-state index >= 15 is 0 Å². The van der Waals surface area contributed by atoms with Crippen molar-refractivity contribution < 1.29 is 23.6 Å². The molecule has 0 radical (unpaired) electrons. The molecule has 2 amide bonds. The Balaban J connectivity index is 1.42. The number of benzene rings is 2. The van der Waals surface area contributed by atoms with Crippen LogP contribution in [0.5, 0.6) is 11.5 Å². The summed E-state index contributed by atoms with van der Waals surface area (Å²) in [5.41, 5.74) is 4.84. The van der Waals surface area contributed by atoms with Crippen molar-refractivity contribution in [2.24, 2.45) is 0 Å². The number of fused-ring (bicyclic) bond motifs is 1. The fourth-order valence-corrected chi connectivity index (χ4v) is 5.11. The summed E-state index contributed by atoms with van der Waals surface area (Å²) in [7, 11) is 5.05. The lowest BCUT2D eigenvalue weighted by atomic mass is 10.1. The Morgan fingerprint density at radius 2 is 1.71 bits per heavy atom. The van der Waals surface area contributed by atoms with E-state index in [1.165, 1.54) is 0 Å². The van der Waals surface area contributed by atoms with Crippen molar-refractivity contribution in [1.82, 2.24) is 25.3 Å². The molecule has 1 heterocycles. The lowest BCUT2D eigenvalue weighted by Gasteiger charge is -2.29. The molecule has 42 heavy (non-hydrogen) atoms. The monoisotopic (exact) mass is 578 g/mol. The molecule has 0 atom stereocenters. The molecule has 4 rings (SSSR count). The van der Waals surface area contributed by atoms with Crippen LogP contribution in [0, 0.1) is 13.8 Å². The van der Waals surface area contributed by atoms with Crippen molar-refractivity contribution >= 4 is 17.5 Å². The smallest absolute Gasteiger partial charge is 0.242 e. The Morgan fingerprint density at radius 1 is 1.05 bits per heavy atom. The van der Waals surface area contributed by atoms with E-state index in [-0.39, 0.29) is 37.0 Å². The molecule has 0 aliphatic heterocycles. The third-order valence-electron chi connectivity index (χ3n) is 7.62. The highest BCUT2D eigenvalue weighted by atomic mass is 16.5. The zero-order valence-electron chi connectivity index (χ0n) is 25.6. The highest BCUT2D eigenvalue weighted by Crippen LogP contribution is 2.36. The number of ether oxygens (including phenoxy) is 2. The first-order valence-corrected chi connectivity index (χ1v) is 14.2. The van der Waals surface area contributed by atoms with Crippen molar-refractivity contribution in [2.75, 3.05) is 52.8 Å². The summed E-state index contributed by atoms with van der Waals surface area (Å²) in [5, 5.41) is 10.6. The second kappa shape index (κ2) is 13.7. The molecule has 1 aliphatic rings. The Morgan fingerprint density at radius 3 is 2.29 bits per heavy atom. The molecule has 2 aromatic carbocycles. The van der Waals surface area contributed by atoms with E-state index < -0.39 is 0 Å². The van der Waals surface area contributed by atoms with Crippen LogP contribution in [0.15, 0.2) is 34.9 Å². The van der Waals surface area contributed by atoms with Gasteiger partial charge in [0.15, 0.2) is 11.5 Å². The van der Waals surface area contributed by atoms with Crippen LogP contribution in [0.25, 0.3) is 11.4 Å². The summed E-state index contributed by atoms with van der Waals surface area (Å²) in [4.78, 5) is 34.6. The van der Waals surface area contributed by atoms with Gasteiger partial charge in [-0.1, -0.05) is 31.1 Å². The Hall–Kier alpha value is -4.12. The number of likely N-dealkylation sites (N-methyl/N-ethyl adjacent to an activating group) is 1. The van der Waals surface area contributed by atoms with Crippen molar-refractivity contribution in [3.63, 3.8) is 0 Å². The summed E-state index contributed by atoms with van der Waals surface area (Å²) in [6.07, 6.45) is 1.44. The van der Waals surface area contributed by atoms with Gasteiger partial charge in [-0.05, 0) is 54.7 Å². The predicted molar refractivity (Wildman–Crippen MR) is 161 cm³/mol. The van der Waals surface area contributed by atoms with Crippen molar-refractivity contribution in [3.05, 3.63) is 52.9 Å². The number of methoxy groups -OCH3 is 2. The quantitative estimate of drug-likeness (QED) is 0.315. The normalized spacial score (nSPS) is 12.8. The minimum absolute atomic E-state index is 0.00255. The van der Waals surface area contributed by atoms with Gasteiger partial charge >= 0.3 is 0 Å². The van der Waals surface area contributed by atoms with Crippen molar-refractivity contribution in [2.45, 2.75) is 52.6 Å². The van der Waals surface area contributed by atoms with Crippen LogP contribution in [0.1, 0.15) is 36.4 Å². The highest BCUT2D eigenvalue weighted by molar-refractivity contribution is 5.87. The standard InChI is InChI=1S/C31H42N6O5/c1-19(2)32-10-11-37(29(38)17-33-26-14-22(9-8-20(26)3)31-34-21(4)42-35-31)18-30(39)36(5)25-12-23-15-27(40-6)28(41-7)16-24(23)13-25/h8-9,14-16,19,25,32-33H,10-13,17-18H2,1-7H3. The number of carbonyl (C=O) groups is 2. The van der Waals surface area contributed by atoms with Gasteiger partial charge in [0.25, 0.3) is 0 Å². The van der Waals surface area contributed by atoms with E-state index in [0.717, 1.165) is 40.8 Å². The third kappa shape index (κ3) is 7.39. The fraction of sp³-hybridized carbons (Fsp3) is 0.484. The molecule has 0 saturated carbocycles. The zero-order chi connectivity index (χ0) is 30.4. The first kappa shape index (κ1) is 30.8. The number of carbonyl (C=O) groups excluding carboxylic acids is 2. The van der Waals surface area contributed by atoms with E-state index in [1.54, 1.807) is 30.9 Å². The first-order valence-electron chi connectivity index (χ1n) is 14.2. The number of nitrogens with one attached hydrogen (secondary N) is 2. The van der Waals surface area contributed by atoms with E-state index in [0.29, 0.717) is 36.3 Å². The summed E-state index contributed by atoms with van der Waals surface area (Å²) in [6, 6.07) is 10.00. The summed E-state index contributed by atoms with van der Waals surface area (Å²) < 4.78 is 16.0. The molecule has 11 heteroatoms. The molecule has 0 bridgehead atoms. The van der Waals surface area contributed by atoms with Crippen LogP contribution in [0.4, 0.5) is 5.69 Å². The number of rotatable bonds is 13. The molecule has 0 unspecified atom stereocenters. The van der Waals surface area contributed by atoms with Crippen molar-refractivity contribution in [3.8, 4) is 22.9 Å². The minimum Gasteiger partial charge on any atom is -0.493 e. The summed E-state index contributed by atoms with van der Waals surface area (Å²) in [6.45, 7) is 8.85. The van der Waals surface area contributed by atoms with Crippen LogP contribution >= 0.6 is 0 Å². The molecule has 1 aromatic heterocycles.